The van der Waals surface area contributed by atoms with Crippen molar-refractivity contribution in [1.29, 1.82) is 0 Å². The highest BCUT2D eigenvalue weighted by Crippen LogP contribution is 2.48. The molecule has 0 atom stereocenters. The molecule has 48 heavy (non-hydrogen) atoms. The van der Waals surface area contributed by atoms with Crippen LogP contribution in [0.5, 0.6) is 0 Å². The van der Waals surface area contributed by atoms with Crippen molar-refractivity contribution in [3.8, 4) is 33.4 Å². The molecule has 0 N–H and O–H groups in total. The lowest BCUT2D eigenvalue weighted by molar-refractivity contribution is 0.608. The van der Waals surface area contributed by atoms with Gasteiger partial charge in [-0.2, -0.15) is 4.98 Å². The van der Waals surface area contributed by atoms with E-state index in [0.29, 0.717) is 6.01 Å². The van der Waals surface area contributed by atoms with Gasteiger partial charge in [0, 0.05) is 16.3 Å². The first kappa shape index (κ1) is 28.3. The topological polar surface area (TPSA) is 42.4 Å². The highest BCUT2D eigenvalue weighted by molar-refractivity contribution is 9.10. The number of hydrogen-bond donors (Lipinski definition) is 0. The molecule has 0 saturated carbocycles. The number of furan rings is 1. The molecule has 228 valence electrons. The molecule has 2 aromatic heterocycles. The van der Waals surface area contributed by atoms with Crippen LogP contribution in [0.25, 0.3) is 66.4 Å². The molecule has 0 fully saturated rings. The van der Waals surface area contributed by atoms with Crippen LogP contribution < -0.4 is 4.90 Å². The molecule has 4 nitrogen and oxygen atoms in total. The molecule has 0 saturated heterocycles. The van der Waals surface area contributed by atoms with Gasteiger partial charge in [0.25, 0.3) is 0 Å². The minimum Gasteiger partial charge on any atom is -0.455 e. The van der Waals surface area contributed by atoms with Gasteiger partial charge in [-0.1, -0.05) is 109 Å². The van der Waals surface area contributed by atoms with E-state index >= 15 is 0 Å². The van der Waals surface area contributed by atoms with E-state index < -0.39 is 0 Å². The van der Waals surface area contributed by atoms with Crippen LogP contribution in [-0.2, 0) is 0 Å². The summed E-state index contributed by atoms with van der Waals surface area (Å²) in [4.78, 5) is 7.15. The molecule has 0 unspecified atom stereocenters. The minimum absolute atomic E-state index is 0.494. The summed E-state index contributed by atoms with van der Waals surface area (Å²) in [5, 5.41) is 2.16. The Morgan fingerprint density at radius 3 is 1.98 bits per heavy atom. The molecule has 0 amide bonds. The zero-order chi connectivity index (χ0) is 32.0. The van der Waals surface area contributed by atoms with E-state index in [2.05, 4.69) is 124 Å². The van der Waals surface area contributed by atoms with Crippen molar-refractivity contribution in [2.75, 3.05) is 4.90 Å². The van der Waals surface area contributed by atoms with Gasteiger partial charge in [0.2, 0.25) is 0 Å². The third-order valence-electron chi connectivity index (χ3n) is 8.78. The van der Waals surface area contributed by atoms with E-state index in [9.17, 15) is 0 Å². The molecule has 0 aliphatic rings. The molecule has 0 bridgehead atoms. The van der Waals surface area contributed by atoms with E-state index in [1.54, 1.807) is 0 Å². The third-order valence-corrected chi connectivity index (χ3v) is 9.40. The largest absolute Gasteiger partial charge is 0.455 e. The Hall–Kier alpha value is -5.91. The second-order valence-electron chi connectivity index (χ2n) is 11.7. The fraction of sp³-hybridized carbons (Fsp3) is 0. The Kier molecular flexibility index (Phi) is 6.91. The fourth-order valence-corrected chi connectivity index (χ4v) is 7.00. The van der Waals surface area contributed by atoms with Crippen LogP contribution >= 0.6 is 15.9 Å². The van der Waals surface area contributed by atoms with E-state index in [-0.39, 0.29) is 0 Å². The molecule has 7 aromatic carbocycles. The van der Waals surface area contributed by atoms with Gasteiger partial charge < -0.3 is 8.83 Å². The van der Waals surface area contributed by atoms with Crippen LogP contribution in [0.15, 0.2) is 177 Å². The average molecular weight is 684 g/mol. The first-order chi connectivity index (χ1) is 23.7. The van der Waals surface area contributed by atoms with E-state index in [1.807, 2.05) is 60.7 Å². The van der Waals surface area contributed by atoms with Gasteiger partial charge in [0.15, 0.2) is 5.58 Å². The molecule has 0 radical (unpaired) electrons. The highest BCUT2D eigenvalue weighted by atomic mass is 79.9. The van der Waals surface area contributed by atoms with Crippen LogP contribution in [0, 0.1) is 0 Å². The molecular formula is C43H27BrN2O2. The van der Waals surface area contributed by atoms with Crippen LogP contribution in [-0.4, -0.2) is 4.98 Å². The van der Waals surface area contributed by atoms with Gasteiger partial charge in [-0.15, -0.1) is 0 Å². The zero-order valence-electron chi connectivity index (χ0n) is 25.7. The van der Waals surface area contributed by atoms with Crippen molar-refractivity contribution in [3.63, 3.8) is 0 Å². The maximum absolute atomic E-state index is 6.52. The van der Waals surface area contributed by atoms with Crippen LogP contribution in [0.1, 0.15) is 0 Å². The number of hydrogen-bond acceptors (Lipinski definition) is 4. The number of benzene rings is 7. The summed E-state index contributed by atoms with van der Waals surface area (Å²) < 4.78 is 13.9. The van der Waals surface area contributed by atoms with Crippen LogP contribution in [0.2, 0.25) is 0 Å². The fourth-order valence-electron chi connectivity index (χ4n) is 6.55. The van der Waals surface area contributed by atoms with Crippen LogP contribution in [0.4, 0.5) is 17.4 Å². The third kappa shape index (κ3) is 4.88. The lowest BCUT2D eigenvalue weighted by Gasteiger charge is -2.27. The van der Waals surface area contributed by atoms with Crippen molar-refractivity contribution in [2.45, 2.75) is 0 Å². The predicted octanol–water partition coefficient (Wildman–Crippen LogP) is 13.0. The second-order valence-corrected chi connectivity index (χ2v) is 12.6. The molecule has 5 heteroatoms. The molecule has 0 aliphatic carbocycles. The smallest absolute Gasteiger partial charge is 0.307 e. The van der Waals surface area contributed by atoms with E-state index in [1.165, 1.54) is 0 Å². The minimum atomic E-state index is 0.494. The lowest BCUT2D eigenvalue weighted by Crippen LogP contribution is -2.12. The Morgan fingerprint density at radius 2 is 1.21 bits per heavy atom. The summed E-state index contributed by atoms with van der Waals surface area (Å²) in [5.41, 5.74) is 11.5. The predicted molar refractivity (Wildman–Crippen MR) is 200 cm³/mol. The standard InChI is InChI=1S/C43H27BrN2O2/c44-36-20-12-19-34-33-24-23-30(27-40(33)47-42(34)36)35-25-31(28-13-4-1-5-14-28)26-38(41(35)29-15-6-2-7-16-29)46(32-17-8-3-9-18-32)43-45-37-21-10-11-22-39(37)48-43/h1-27H. The normalized spacial score (nSPS) is 11.4. The van der Waals surface area contributed by atoms with Crippen molar-refractivity contribution in [2.24, 2.45) is 0 Å². The maximum Gasteiger partial charge on any atom is 0.307 e. The maximum atomic E-state index is 6.52. The lowest BCUT2D eigenvalue weighted by atomic mass is 9.88. The van der Waals surface area contributed by atoms with Crippen molar-refractivity contribution in [1.82, 2.24) is 4.98 Å². The number of anilines is 3. The SMILES string of the molecule is Brc1cccc2c1oc1cc(-c3cc(-c4ccccc4)cc(N(c4ccccc4)c4nc5ccccc5o4)c3-c3ccccc3)ccc12. The number of halogens is 1. The second kappa shape index (κ2) is 11.7. The van der Waals surface area contributed by atoms with Crippen LogP contribution in [0.3, 0.4) is 0 Å². The van der Waals surface area contributed by atoms with Gasteiger partial charge >= 0.3 is 6.01 Å². The van der Waals surface area contributed by atoms with Gasteiger partial charge in [0.05, 0.1) is 15.8 Å². The Balaban J connectivity index is 1.39. The number of para-hydroxylation sites is 4. The number of rotatable bonds is 6. The highest BCUT2D eigenvalue weighted by Gasteiger charge is 2.26. The molecule has 2 heterocycles. The van der Waals surface area contributed by atoms with Crippen molar-refractivity contribution in [3.05, 3.63) is 168 Å². The van der Waals surface area contributed by atoms with Gasteiger partial charge in [-0.05, 0) is 98.3 Å². The Morgan fingerprint density at radius 1 is 0.500 bits per heavy atom. The summed E-state index contributed by atoms with van der Waals surface area (Å²) in [6.07, 6.45) is 0. The number of nitrogens with zero attached hydrogens (tertiary/aromatic N) is 2. The van der Waals surface area contributed by atoms with Crippen molar-refractivity contribution >= 4 is 66.4 Å². The molecule has 0 aliphatic heterocycles. The number of fused-ring (bicyclic) bond motifs is 4. The summed E-state index contributed by atoms with van der Waals surface area (Å²) in [6, 6.07) is 57.0. The van der Waals surface area contributed by atoms with Gasteiger partial charge in [0.1, 0.15) is 16.7 Å². The number of oxazole rings is 1. The molecule has 0 spiro atoms. The molecular weight excluding hydrogens is 656 g/mol. The van der Waals surface area contributed by atoms with E-state index in [4.69, 9.17) is 13.8 Å². The quantitative estimate of drug-likeness (QED) is 0.175. The zero-order valence-corrected chi connectivity index (χ0v) is 27.3. The average Bonchev–Trinajstić information content (AvgIpc) is 3.75. The van der Waals surface area contributed by atoms with Gasteiger partial charge in [-0.3, -0.25) is 4.90 Å². The van der Waals surface area contributed by atoms with Crippen molar-refractivity contribution < 1.29 is 8.83 Å². The Bertz CT molecular complexity index is 2540. The summed E-state index contributed by atoms with van der Waals surface area (Å²) in [5.74, 6) is 0. The molecule has 9 rings (SSSR count). The molecule has 9 aromatic rings. The first-order valence-electron chi connectivity index (χ1n) is 15.8. The summed E-state index contributed by atoms with van der Waals surface area (Å²) in [6.45, 7) is 0. The number of aromatic nitrogens is 1. The monoisotopic (exact) mass is 682 g/mol. The van der Waals surface area contributed by atoms with E-state index in [0.717, 1.165) is 82.3 Å². The Labute approximate surface area is 285 Å². The summed E-state index contributed by atoms with van der Waals surface area (Å²) >= 11 is 3.68. The van der Waals surface area contributed by atoms with Gasteiger partial charge in [-0.25, -0.2) is 0 Å². The first-order valence-corrected chi connectivity index (χ1v) is 16.6. The summed E-state index contributed by atoms with van der Waals surface area (Å²) in [7, 11) is 0.